The summed E-state index contributed by atoms with van der Waals surface area (Å²) in [6.45, 7) is 4.85. The Labute approximate surface area is 169 Å². The molecule has 1 aliphatic rings. The normalized spacial score (nSPS) is 20.1. The molecule has 0 saturated carbocycles. The van der Waals surface area contributed by atoms with Crippen LogP contribution in [0.1, 0.15) is 61.8 Å². The number of carbonyl (C=O) groups is 1. The number of alkyl halides is 3. The van der Waals surface area contributed by atoms with Crippen molar-refractivity contribution < 1.29 is 23.1 Å². The summed E-state index contributed by atoms with van der Waals surface area (Å²) >= 11 is 0. The Bertz CT molecular complexity index is 829. The minimum atomic E-state index is -4.36. The summed E-state index contributed by atoms with van der Waals surface area (Å²) in [7, 11) is 0. The molecule has 2 aromatic rings. The number of piperidine rings is 1. The zero-order chi connectivity index (χ0) is 21.2. The van der Waals surface area contributed by atoms with Crippen LogP contribution in [0.15, 0.2) is 48.5 Å². The third kappa shape index (κ3) is 5.11. The van der Waals surface area contributed by atoms with Gasteiger partial charge in [-0.1, -0.05) is 38.1 Å². The Morgan fingerprint density at radius 2 is 1.72 bits per heavy atom. The lowest BCUT2D eigenvalue weighted by atomic mass is 9.84. The van der Waals surface area contributed by atoms with E-state index in [0.29, 0.717) is 25.3 Å². The van der Waals surface area contributed by atoms with Gasteiger partial charge in [-0.15, -0.1) is 0 Å². The Morgan fingerprint density at radius 1 is 1.10 bits per heavy atom. The molecule has 1 aliphatic heterocycles. The van der Waals surface area contributed by atoms with Crippen molar-refractivity contribution in [3.8, 4) is 0 Å². The second kappa shape index (κ2) is 8.47. The third-order valence-corrected chi connectivity index (χ3v) is 5.69. The van der Waals surface area contributed by atoms with Crippen molar-refractivity contribution >= 4 is 11.7 Å². The highest BCUT2D eigenvalue weighted by molar-refractivity contribution is 5.67. The van der Waals surface area contributed by atoms with Gasteiger partial charge < -0.3 is 10.0 Å². The maximum absolute atomic E-state index is 12.9. The lowest BCUT2D eigenvalue weighted by Crippen LogP contribution is -2.37. The average Bonchev–Trinajstić information content (AvgIpc) is 2.67. The van der Waals surface area contributed by atoms with Crippen LogP contribution in [-0.2, 0) is 11.0 Å². The van der Waals surface area contributed by atoms with Crippen LogP contribution in [0, 0.1) is 5.92 Å². The Kier molecular flexibility index (Phi) is 6.20. The maximum Gasteiger partial charge on any atom is 0.416 e. The molecule has 0 amide bonds. The lowest BCUT2D eigenvalue weighted by Gasteiger charge is -2.41. The number of hydrogen-bond acceptors (Lipinski definition) is 2. The van der Waals surface area contributed by atoms with Crippen molar-refractivity contribution in [2.75, 3.05) is 11.4 Å². The van der Waals surface area contributed by atoms with Crippen molar-refractivity contribution in [2.45, 2.75) is 51.2 Å². The van der Waals surface area contributed by atoms with Crippen LogP contribution in [-0.4, -0.2) is 17.6 Å². The molecular formula is C23H26F3NO2. The van der Waals surface area contributed by atoms with Gasteiger partial charge in [-0.05, 0) is 60.1 Å². The first-order chi connectivity index (χ1) is 13.6. The van der Waals surface area contributed by atoms with E-state index < -0.39 is 17.7 Å². The minimum Gasteiger partial charge on any atom is -0.481 e. The Hall–Kier alpha value is -2.50. The molecule has 3 nitrogen and oxygen atoms in total. The van der Waals surface area contributed by atoms with E-state index in [2.05, 4.69) is 43.0 Å². The predicted molar refractivity (Wildman–Crippen MR) is 107 cm³/mol. The molecule has 1 saturated heterocycles. The van der Waals surface area contributed by atoms with Crippen molar-refractivity contribution in [1.29, 1.82) is 0 Å². The number of hydrogen-bond donors (Lipinski definition) is 1. The first-order valence-corrected chi connectivity index (χ1v) is 9.90. The average molecular weight is 405 g/mol. The quantitative estimate of drug-likeness (QED) is 0.638. The minimum absolute atomic E-state index is 0.0490. The predicted octanol–water partition coefficient (Wildman–Crippen LogP) is 6.26. The van der Waals surface area contributed by atoms with Gasteiger partial charge in [-0.3, -0.25) is 4.79 Å². The monoisotopic (exact) mass is 405 g/mol. The molecule has 1 N–H and O–H groups in total. The number of nitrogens with zero attached hydrogens (tertiary/aromatic N) is 1. The number of aliphatic carboxylic acids is 1. The van der Waals surface area contributed by atoms with E-state index in [1.54, 1.807) is 0 Å². The van der Waals surface area contributed by atoms with Gasteiger partial charge in [0.1, 0.15) is 0 Å². The molecule has 0 aliphatic carbocycles. The van der Waals surface area contributed by atoms with E-state index in [4.69, 9.17) is 0 Å². The molecule has 6 heteroatoms. The zero-order valence-corrected chi connectivity index (χ0v) is 16.6. The molecule has 1 fully saturated rings. The maximum atomic E-state index is 12.9. The van der Waals surface area contributed by atoms with Gasteiger partial charge in [0.05, 0.1) is 11.6 Å². The van der Waals surface area contributed by atoms with Crippen molar-refractivity contribution in [1.82, 2.24) is 0 Å². The Balaban J connectivity index is 1.90. The molecule has 156 valence electrons. The van der Waals surface area contributed by atoms with Crippen LogP contribution < -0.4 is 4.90 Å². The SMILES string of the molecule is CC(C)c1ccc(C2CC(CC(=O)O)CCN2c2ccc(C(F)(F)F)cc2)cc1. The first-order valence-electron chi connectivity index (χ1n) is 9.90. The van der Waals surface area contributed by atoms with Crippen LogP contribution in [0.4, 0.5) is 18.9 Å². The standard InChI is InChI=1S/C23H26F3NO2/c1-15(2)17-3-5-18(6-4-17)21-13-16(14-22(28)29)11-12-27(21)20-9-7-19(8-10-20)23(24,25)26/h3-10,15-16,21H,11-14H2,1-2H3,(H,28,29). The zero-order valence-electron chi connectivity index (χ0n) is 16.6. The van der Waals surface area contributed by atoms with Gasteiger partial charge in [-0.2, -0.15) is 13.2 Å². The number of benzene rings is 2. The summed E-state index contributed by atoms with van der Waals surface area (Å²) in [5.74, 6) is -0.360. The van der Waals surface area contributed by atoms with Gasteiger partial charge in [0, 0.05) is 18.7 Å². The van der Waals surface area contributed by atoms with Crippen LogP contribution >= 0.6 is 0 Å². The fourth-order valence-corrected chi connectivity index (χ4v) is 4.04. The summed E-state index contributed by atoms with van der Waals surface area (Å²) in [5.41, 5.74) is 2.33. The number of carboxylic acids is 1. The number of rotatable bonds is 5. The summed E-state index contributed by atoms with van der Waals surface area (Å²) in [6, 6.07) is 13.4. The smallest absolute Gasteiger partial charge is 0.416 e. The van der Waals surface area contributed by atoms with Gasteiger partial charge in [0.15, 0.2) is 0 Å². The van der Waals surface area contributed by atoms with Gasteiger partial charge >= 0.3 is 12.1 Å². The molecule has 2 atom stereocenters. The van der Waals surface area contributed by atoms with Crippen molar-refractivity contribution in [3.63, 3.8) is 0 Å². The second-order valence-electron chi connectivity index (χ2n) is 8.06. The van der Waals surface area contributed by atoms with Crippen molar-refractivity contribution in [3.05, 3.63) is 65.2 Å². The number of halogens is 3. The molecular weight excluding hydrogens is 379 g/mol. The highest BCUT2D eigenvalue weighted by Gasteiger charge is 2.33. The molecule has 2 aromatic carbocycles. The van der Waals surface area contributed by atoms with Crippen LogP contribution in [0.2, 0.25) is 0 Å². The fourth-order valence-electron chi connectivity index (χ4n) is 4.04. The highest BCUT2D eigenvalue weighted by atomic mass is 19.4. The highest BCUT2D eigenvalue weighted by Crippen LogP contribution is 2.40. The number of anilines is 1. The number of carboxylic acid groups (broad SMARTS) is 1. The van der Waals surface area contributed by atoms with Gasteiger partial charge in [0.25, 0.3) is 0 Å². The van der Waals surface area contributed by atoms with Gasteiger partial charge in [-0.25, -0.2) is 0 Å². The largest absolute Gasteiger partial charge is 0.481 e. The van der Waals surface area contributed by atoms with E-state index in [-0.39, 0.29) is 18.4 Å². The van der Waals surface area contributed by atoms with E-state index >= 15 is 0 Å². The van der Waals surface area contributed by atoms with Gasteiger partial charge in [0.2, 0.25) is 0 Å². The summed E-state index contributed by atoms with van der Waals surface area (Å²) in [4.78, 5) is 13.3. The Morgan fingerprint density at radius 3 is 2.24 bits per heavy atom. The van der Waals surface area contributed by atoms with Crippen LogP contribution in [0.5, 0.6) is 0 Å². The molecule has 0 spiro atoms. The topological polar surface area (TPSA) is 40.5 Å². The van der Waals surface area contributed by atoms with E-state index in [9.17, 15) is 23.1 Å². The van der Waals surface area contributed by atoms with Crippen LogP contribution in [0.25, 0.3) is 0 Å². The lowest BCUT2D eigenvalue weighted by molar-refractivity contribution is -0.138. The second-order valence-corrected chi connectivity index (χ2v) is 8.06. The van der Waals surface area contributed by atoms with Crippen molar-refractivity contribution in [2.24, 2.45) is 5.92 Å². The third-order valence-electron chi connectivity index (χ3n) is 5.69. The molecule has 0 aromatic heterocycles. The molecule has 29 heavy (non-hydrogen) atoms. The summed E-state index contributed by atoms with van der Waals surface area (Å²) in [5, 5.41) is 9.19. The summed E-state index contributed by atoms with van der Waals surface area (Å²) in [6.07, 6.45) is -2.89. The molecule has 1 heterocycles. The van der Waals surface area contributed by atoms with E-state index in [1.165, 1.54) is 17.7 Å². The molecule has 0 radical (unpaired) electrons. The first kappa shape index (κ1) is 21.2. The molecule has 2 unspecified atom stereocenters. The van der Waals surface area contributed by atoms with E-state index in [0.717, 1.165) is 23.4 Å². The fraction of sp³-hybridized carbons (Fsp3) is 0.435. The molecule has 0 bridgehead atoms. The molecule has 3 rings (SSSR count). The van der Waals surface area contributed by atoms with E-state index in [1.807, 2.05) is 0 Å². The van der Waals surface area contributed by atoms with Crippen LogP contribution in [0.3, 0.4) is 0 Å². The summed E-state index contributed by atoms with van der Waals surface area (Å²) < 4.78 is 38.7.